The van der Waals surface area contributed by atoms with Gasteiger partial charge in [-0.25, -0.2) is 0 Å². The predicted octanol–water partition coefficient (Wildman–Crippen LogP) is 2.55. The van der Waals surface area contributed by atoms with E-state index in [0.717, 1.165) is 18.5 Å². The molecule has 0 aliphatic carbocycles. The summed E-state index contributed by atoms with van der Waals surface area (Å²) in [6.07, 6.45) is 3.54. The Morgan fingerprint density at radius 3 is 2.82 bits per heavy atom. The molecule has 1 saturated heterocycles. The van der Waals surface area contributed by atoms with E-state index in [9.17, 15) is 0 Å². The molecule has 17 heavy (non-hydrogen) atoms. The standard InChI is InChI=1S/C13H15N3O/c1-2-6-10(7-3-1)12-15-13(17-16-12)11-8-4-5-9-14-11/h1-3,6-7,11,14H,4-5,8-9H2/t11-/m1/s1. The van der Waals surface area contributed by atoms with Gasteiger partial charge >= 0.3 is 0 Å². The van der Waals surface area contributed by atoms with E-state index in [2.05, 4.69) is 15.5 Å². The van der Waals surface area contributed by atoms with Crippen molar-refractivity contribution in [3.8, 4) is 11.4 Å². The molecule has 1 N–H and O–H groups in total. The Morgan fingerprint density at radius 2 is 2.06 bits per heavy atom. The van der Waals surface area contributed by atoms with Crippen LogP contribution in [0.5, 0.6) is 0 Å². The van der Waals surface area contributed by atoms with E-state index in [1.165, 1.54) is 12.8 Å². The van der Waals surface area contributed by atoms with Gasteiger partial charge in [0.15, 0.2) is 0 Å². The molecule has 88 valence electrons. The Balaban J connectivity index is 1.83. The summed E-state index contributed by atoms with van der Waals surface area (Å²) in [6.45, 7) is 1.04. The number of nitrogens with one attached hydrogen (secondary N) is 1. The molecule has 3 rings (SSSR count). The molecule has 4 heteroatoms. The van der Waals surface area contributed by atoms with Gasteiger partial charge in [0.05, 0.1) is 6.04 Å². The molecule has 1 aliphatic rings. The van der Waals surface area contributed by atoms with Crippen molar-refractivity contribution in [3.63, 3.8) is 0 Å². The van der Waals surface area contributed by atoms with Crippen molar-refractivity contribution in [1.29, 1.82) is 0 Å². The van der Waals surface area contributed by atoms with Crippen LogP contribution in [0.4, 0.5) is 0 Å². The van der Waals surface area contributed by atoms with Gasteiger partial charge in [0, 0.05) is 5.56 Å². The predicted molar refractivity (Wildman–Crippen MR) is 64.3 cm³/mol. The summed E-state index contributed by atoms with van der Waals surface area (Å²) in [6, 6.07) is 10.1. The Kier molecular flexibility index (Phi) is 2.88. The molecule has 1 aromatic heterocycles. The van der Waals surface area contributed by atoms with Crippen LogP contribution in [-0.2, 0) is 0 Å². The van der Waals surface area contributed by atoms with Crippen LogP contribution in [0.3, 0.4) is 0 Å². The zero-order chi connectivity index (χ0) is 11.5. The van der Waals surface area contributed by atoms with Crippen molar-refractivity contribution >= 4 is 0 Å². The van der Waals surface area contributed by atoms with Crippen LogP contribution in [0, 0.1) is 0 Å². The number of hydrogen-bond acceptors (Lipinski definition) is 4. The highest BCUT2D eigenvalue weighted by molar-refractivity contribution is 5.53. The second kappa shape index (κ2) is 4.67. The fourth-order valence-corrected chi connectivity index (χ4v) is 2.14. The quantitative estimate of drug-likeness (QED) is 0.859. The van der Waals surface area contributed by atoms with Crippen LogP contribution in [0.1, 0.15) is 31.2 Å². The number of nitrogens with zero attached hydrogens (tertiary/aromatic N) is 2. The molecule has 0 spiro atoms. The van der Waals surface area contributed by atoms with Gasteiger partial charge < -0.3 is 9.84 Å². The van der Waals surface area contributed by atoms with Gasteiger partial charge in [-0.05, 0) is 19.4 Å². The monoisotopic (exact) mass is 229 g/mol. The maximum Gasteiger partial charge on any atom is 0.244 e. The van der Waals surface area contributed by atoms with Gasteiger partial charge in [-0.2, -0.15) is 4.98 Å². The Bertz CT molecular complexity index is 474. The second-order valence-electron chi connectivity index (χ2n) is 4.32. The van der Waals surface area contributed by atoms with Gasteiger partial charge in [-0.1, -0.05) is 41.9 Å². The lowest BCUT2D eigenvalue weighted by Crippen LogP contribution is -2.26. The van der Waals surface area contributed by atoms with Crippen LogP contribution in [0.25, 0.3) is 11.4 Å². The van der Waals surface area contributed by atoms with E-state index in [4.69, 9.17) is 4.52 Å². The summed E-state index contributed by atoms with van der Waals surface area (Å²) in [7, 11) is 0. The molecular formula is C13H15N3O. The van der Waals surface area contributed by atoms with Crippen LogP contribution in [-0.4, -0.2) is 16.7 Å². The third kappa shape index (κ3) is 2.22. The van der Waals surface area contributed by atoms with Gasteiger partial charge in [0.1, 0.15) is 0 Å². The minimum absolute atomic E-state index is 0.230. The first-order chi connectivity index (χ1) is 8.43. The first-order valence-electron chi connectivity index (χ1n) is 6.06. The molecule has 1 aromatic carbocycles. The molecule has 0 amide bonds. The van der Waals surface area contributed by atoms with Gasteiger partial charge in [-0.3, -0.25) is 0 Å². The van der Waals surface area contributed by atoms with Crippen LogP contribution in [0.2, 0.25) is 0 Å². The molecular weight excluding hydrogens is 214 g/mol. The molecule has 1 fully saturated rings. The van der Waals surface area contributed by atoms with E-state index in [0.29, 0.717) is 11.7 Å². The Morgan fingerprint density at radius 1 is 1.18 bits per heavy atom. The minimum Gasteiger partial charge on any atom is -0.337 e. The van der Waals surface area contributed by atoms with E-state index in [-0.39, 0.29) is 6.04 Å². The molecule has 1 aliphatic heterocycles. The molecule has 0 bridgehead atoms. The summed E-state index contributed by atoms with van der Waals surface area (Å²) in [5, 5.41) is 7.44. The van der Waals surface area contributed by atoms with Crippen molar-refractivity contribution in [2.45, 2.75) is 25.3 Å². The highest BCUT2D eigenvalue weighted by atomic mass is 16.5. The summed E-state index contributed by atoms with van der Waals surface area (Å²) >= 11 is 0. The zero-order valence-corrected chi connectivity index (χ0v) is 9.60. The lowest BCUT2D eigenvalue weighted by Gasteiger charge is -2.19. The maximum atomic E-state index is 5.33. The highest BCUT2D eigenvalue weighted by Gasteiger charge is 2.21. The first-order valence-corrected chi connectivity index (χ1v) is 6.06. The largest absolute Gasteiger partial charge is 0.337 e. The third-order valence-corrected chi connectivity index (χ3v) is 3.08. The van der Waals surface area contributed by atoms with Crippen molar-refractivity contribution in [2.75, 3.05) is 6.54 Å². The molecule has 2 heterocycles. The number of benzene rings is 1. The van der Waals surface area contributed by atoms with E-state index in [1.807, 2.05) is 30.3 Å². The summed E-state index contributed by atoms with van der Waals surface area (Å²) < 4.78 is 5.33. The SMILES string of the molecule is c1ccc(-c2noc([C@H]3CCCCN3)n2)cc1. The molecule has 0 saturated carbocycles. The average molecular weight is 229 g/mol. The van der Waals surface area contributed by atoms with Gasteiger partial charge in [0.25, 0.3) is 0 Å². The first kappa shape index (κ1) is 10.5. The Hall–Kier alpha value is -1.68. The van der Waals surface area contributed by atoms with Crippen LogP contribution < -0.4 is 5.32 Å². The van der Waals surface area contributed by atoms with Crippen molar-refractivity contribution in [3.05, 3.63) is 36.2 Å². The Labute approximate surface area is 100 Å². The van der Waals surface area contributed by atoms with Crippen molar-refractivity contribution in [2.24, 2.45) is 0 Å². The van der Waals surface area contributed by atoms with E-state index >= 15 is 0 Å². The molecule has 0 radical (unpaired) electrons. The van der Waals surface area contributed by atoms with Gasteiger partial charge in [0.2, 0.25) is 11.7 Å². The lowest BCUT2D eigenvalue weighted by atomic mass is 10.1. The number of rotatable bonds is 2. The number of hydrogen-bond donors (Lipinski definition) is 1. The maximum absolute atomic E-state index is 5.33. The van der Waals surface area contributed by atoms with Crippen molar-refractivity contribution in [1.82, 2.24) is 15.5 Å². The van der Waals surface area contributed by atoms with Gasteiger partial charge in [-0.15, -0.1) is 0 Å². The van der Waals surface area contributed by atoms with Crippen LogP contribution >= 0.6 is 0 Å². The van der Waals surface area contributed by atoms with Crippen LogP contribution in [0.15, 0.2) is 34.9 Å². The van der Waals surface area contributed by atoms with E-state index < -0.39 is 0 Å². The summed E-state index contributed by atoms with van der Waals surface area (Å²) in [5.74, 6) is 1.39. The normalized spacial score (nSPS) is 20.4. The number of piperidine rings is 1. The fraction of sp³-hybridized carbons (Fsp3) is 0.385. The number of aromatic nitrogens is 2. The second-order valence-corrected chi connectivity index (χ2v) is 4.32. The molecule has 2 aromatic rings. The van der Waals surface area contributed by atoms with E-state index in [1.54, 1.807) is 0 Å². The average Bonchev–Trinajstić information content (AvgIpc) is 2.90. The third-order valence-electron chi connectivity index (χ3n) is 3.08. The molecule has 1 atom stereocenters. The minimum atomic E-state index is 0.230. The molecule has 4 nitrogen and oxygen atoms in total. The summed E-state index contributed by atoms with van der Waals surface area (Å²) in [5.41, 5.74) is 0.998. The smallest absolute Gasteiger partial charge is 0.244 e. The summed E-state index contributed by atoms with van der Waals surface area (Å²) in [4.78, 5) is 4.46. The van der Waals surface area contributed by atoms with Crippen molar-refractivity contribution < 1.29 is 4.52 Å². The topological polar surface area (TPSA) is 51.0 Å². The zero-order valence-electron chi connectivity index (χ0n) is 9.60. The molecule has 0 unspecified atom stereocenters. The fourth-order valence-electron chi connectivity index (χ4n) is 2.14. The highest BCUT2D eigenvalue weighted by Crippen LogP contribution is 2.23. The lowest BCUT2D eigenvalue weighted by molar-refractivity contribution is 0.297.